The Balaban J connectivity index is 2.11. The van der Waals surface area contributed by atoms with Crippen LogP contribution in [-0.2, 0) is 0 Å². The molecule has 3 aromatic rings. The Labute approximate surface area is 176 Å². The predicted molar refractivity (Wildman–Crippen MR) is 116 cm³/mol. The van der Waals surface area contributed by atoms with Crippen molar-refractivity contribution < 1.29 is 9.84 Å². The van der Waals surface area contributed by atoms with Gasteiger partial charge in [-0.2, -0.15) is 5.10 Å². The Kier molecular flexibility index (Phi) is 6.57. The maximum Gasteiger partial charge on any atom is 0.206 e. The van der Waals surface area contributed by atoms with Crippen molar-refractivity contribution in [3.63, 3.8) is 0 Å². The number of aromatic hydroxyl groups is 1. The van der Waals surface area contributed by atoms with E-state index < -0.39 is 0 Å². The first-order valence-electron chi connectivity index (χ1n) is 8.22. The minimum Gasteiger partial charge on any atom is -0.507 e. The zero-order chi connectivity index (χ0) is 20.1. The van der Waals surface area contributed by atoms with E-state index in [9.17, 15) is 5.11 Å². The first-order chi connectivity index (χ1) is 13.5. The van der Waals surface area contributed by atoms with Crippen LogP contribution in [0.3, 0.4) is 0 Å². The molecule has 28 heavy (non-hydrogen) atoms. The summed E-state index contributed by atoms with van der Waals surface area (Å²) in [7, 11) is 1.57. The number of methoxy groups -OCH3 is 1. The lowest BCUT2D eigenvalue weighted by Gasteiger charge is -2.06. The van der Waals surface area contributed by atoms with E-state index in [1.54, 1.807) is 54.4 Å². The van der Waals surface area contributed by atoms with Crippen LogP contribution in [0.5, 0.6) is 11.5 Å². The SMILES string of the molecule is C=CCN=c1scc(-c2ccc(Cl)c(Cl)c2)n1N=Cc1cc(OC)ccc1O. The Morgan fingerprint density at radius 2 is 2.04 bits per heavy atom. The van der Waals surface area contributed by atoms with Gasteiger partial charge in [-0.15, -0.1) is 17.9 Å². The van der Waals surface area contributed by atoms with E-state index in [1.807, 2.05) is 11.4 Å². The number of benzene rings is 2. The van der Waals surface area contributed by atoms with Crippen LogP contribution in [0.2, 0.25) is 10.0 Å². The highest BCUT2D eigenvalue weighted by Crippen LogP contribution is 2.29. The van der Waals surface area contributed by atoms with Crippen LogP contribution < -0.4 is 9.54 Å². The minimum absolute atomic E-state index is 0.0982. The summed E-state index contributed by atoms with van der Waals surface area (Å²) in [6.45, 7) is 4.16. The molecule has 0 saturated heterocycles. The normalized spacial score (nSPS) is 11.9. The van der Waals surface area contributed by atoms with Gasteiger partial charge in [0.05, 0.1) is 35.6 Å². The highest BCUT2D eigenvalue weighted by molar-refractivity contribution is 7.07. The first-order valence-corrected chi connectivity index (χ1v) is 9.85. The molecule has 0 bridgehead atoms. The molecule has 1 N–H and O–H groups in total. The molecule has 2 aromatic carbocycles. The summed E-state index contributed by atoms with van der Waals surface area (Å²) >= 11 is 13.6. The van der Waals surface area contributed by atoms with Crippen LogP contribution in [0.25, 0.3) is 11.3 Å². The lowest BCUT2D eigenvalue weighted by Crippen LogP contribution is -2.12. The van der Waals surface area contributed by atoms with Gasteiger partial charge in [0.2, 0.25) is 4.80 Å². The Morgan fingerprint density at radius 1 is 1.21 bits per heavy atom. The van der Waals surface area contributed by atoms with Gasteiger partial charge in [-0.05, 0) is 30.3 Å². The van der Waals surface area contributed by atoms with E-state index in [-0.39, 0.29) is 5.75 Å². The molecule has 1 heterocycles. The zero-order valence-electron chi connectivity index (χ0n) is 15.0. The number of ether oxygens (including phenoxy) is 1. The lowest BCUT2D eigenvalue weighted by molar-refractivity contribution is 0.412. The van der Waals surface area contributed by atoms with Gasteiger partial charge in [-0.1, -0.05) is 35.3 Å². The highest BCUT2D eigenvalue weighted by Gasteiger charge is 2.10. The molecule has 0 fully saturated rings. The number of phenolic OH excluding ortho intramolecular Hbond substituents is 1. The van der Waals surface area contributed by atoms with Gasteiger partial charge in [0, 0.05) is 16.5 Å². The number of hydrogen-bond acceptors (Lipinski definition) is 5. The molecule has 0 aliphatic carbocycles. The van der Waals surface area contributed by atoms with Crippen molar-refractivity contribution in [1.82, 2.24) is 4.68 Å². The van der Waals surface area contributed by atoms with Gasteiger partial charge < -0.3 is 9.84 Å². The van der Waals surface area contributed by atoms with Crippen molar-refractivity contribution in [2.75, 3.05) is 13.7 Å². The van der Waals surface area contributed by atoms with E-state index in [1.165, 1.54) is 11.3 Å². The fourth-order valence-corrected chi connectivity index (χ4v) is 3.54. The third-order valence-electron chi connectivity index (χ3n) is 3.80. The number of rotatable bonds is 6. The van der Waals surface area contributed by atoms with Gasteiger partial charge >= 0.3 is 0 Å². The van der Waals surface area contributed by atoms with Crippen LogP contribution in [0.1, 0.15) is 5.56 Å². The van der Waals surface area contributed by atoms with Crippen LogP contribution in [0.4, 0.5) is 0 Å². The van der Waals surface area contributed by atoms with Crippen molar-refractivity contribution in [3.8, 4) is 22.8 Å². The molecule has 1 aromatic heterocycles. The standard InChI is InChI=1S/C20H17Cl2N3O2S/c1-3-8-23-20-25(24-11-14-9-15(27-2)5-7-19(14)26)18(12-28-20)13-4-6-16(21)17(22)10-13/h3-7,9-12,26H,1,8H2,2H3. The molecule has 144 valence electrons. The maximum absolute atomic E-state index is 10.1. The quantitative estimate of drug-likeness (QED) is 0.428. The molecule has 0 aliphatic heterocycles. The molecule has 0 unspecified atom stereocenters. The Bertz CT molecular complexity index is 1100. The van der Waals surface area contributed by atoms with Crippen LogP contribution in [0.15, 0.2) is 64.5 Å². The fourth-order valence-electron chi connectivity index (χ4n) is 2.40. The third-order valence-corrected chi connectivity index (χ3v) is 5.40. The molecule has 0 radical (unpaired) electrons. The summed E-state index contributed by atoms with van der Waals surface area (Å²) in [5.74, 6) is 0.719. The van der Waals surface area contributed by atoms with Crippen LogP contribution in [0, 0.1) is 0 Å². The molecule has 0 atom stereocenters. The molecule has 8 heteroatoms. The highest BCUT2D eigenvalue weighted by atomic mass is 35.5. The molecule has 0 spiro atoms. The zero-order valence-corrected chi connectivity index (χ0v) is 17.3. The van der Waals surface area contributed by atoms with E-state index in [2.05, 4.69) is 16.7 Å². The van der Waals surface area contributed by atoms with Crippen LogP contribution in [-0.4, -0.2) is 29.7 Å². The molecule has 5 nitrogen and oxygen atoms in total. The van der Waals surface area contributed by atoms with E-state index in [0.717, 1.165) is 11.3 Å². The average molecular weight is 434 g/mol. The summed E-state index contributed by atoms with van der Waals surface area (Å²) in [6.07, 6.45) is 3.26. The van der Waals surface area contributed by atoms with Crippen molar-refractivity contribution in [1.29, 1.82) is 0 Å². The summed E-state index contributed by atoms with van der Waals surface area (Å²) in [6, 6.07) is 10.3. The summed E-state index contributed by atoms with van der Waals surface area (Å²) in [4.78, 5) is 5.16. The van der Waals surface area contributed by atoms with Gasteiger partial charge in [-0.3, -0.25) is 4.99 Å². The second-order valence-corrected chi connectivity index (χ2v) is 7.29. The summed E-state index contributed by atoms with van der Waals surface area (Å²) < 4.78 is 6.89. The van der Waals surface area contributed by atoms with Gasteiger partial charge in [0.1, 0.15) is 11.5 Å². The average Bonchev–Trinajstić information content (AvgIpc) is 3.10. The summed E-state index contributed by atoms with van der Waals surface area (Å²) in [5.41, 5.74) is 2.16. The maximum atomic E-state index is 10.1. The summed E-state index contributed by atoms with van der Waals surface area (Å²) in [5, 5.41) is 17.5. The monoisotopic (exact) mass is 433 g/mol. The molecule has 0 saturated carbocycles. The lowest BCUT2D eigenvalue weighted by atomic mass is 10.2. The Morgan fingerprint density at radius 3 is 2.75 bits per heavy atom. The van der Waals surface area contributed by atoms with E-state index >= 15 is 0 Å². The van der Waals surface area contributed by atoms with Crippen LogP contribution >= 0.6 is 34.5 Å². The van der Waals surface area contributed by atoms with Gasteiger partial charge in [-0.25, -0.2) is 4.68 Å². The molecular formula is C20H17Cl2N3O2S. The number of hydrogen-bond donors (Lipinski definition) is 1. The van der Waals surface area contributed by atoms with Crippen molar-refractivity contribution in [3.05, 3.63) is 74.8 Å². The smallest absolute Gasteiger partial charge is 0.206 e. The topological polar surface area (TPSA) is 59.1 Å². The van der Waals surface area contributed by atoms with Crippen molar-refractivity contribution >= 4 is 40.8 Å². The molecular weight excluding hydrogens is 417 g/mol. The minimum atomic E-state index is 0.0982. The third kappa shape index (κ3) is 4.47. The second-order valence-electron chi connectivity index (χ2n) is 5.64. The van der Waals surface area contributed by atoms with Gasteiger partial charge in [0.15, 0.2) is 0 Å². The van der Waals surface area contributed by atoms with Gasteiger partial charge in [0.25, 0.3) is 0 Å². The molecule has 0 amide bonds. The number of phenols is 1. The number of halogens is 2. The Hall–Kier alpha value is -2.54. The fraction of sp³-hybridized carbons (Fsp3) is 0.100. The van der Waals surface area contributed by atoms with E-state index in [4.69, 9.17) is 27.9 Å². The number of nitrogens with zero attached hydrogens (tertiary/aromatic N) is 3. The van der Waals surface area contributed by atoms with E-state index in [0.29, 0.717) is 32.7 Å². The second kappa shape index (κ2) is 9.10. The number of aromatic nitrogens is 1. The predicted octanol–water partition coefficient (Wildman–Crippen LogP) is 5.21. The molecule has 3 rings (SSSR count). The largest absolute Gasteiger partial charge is 0.507 e. The molecule has 0 aliphatic rings. The van der Waals surface area contributed by atoms with Crippen molar-refractivity contribution in [2.24, 2.45) is 10.1 Å². The number of thiazole rings is 1. The first kappa shape index (κ1) is 20.2. The van der Waals surface area contributed by atoms with Crippen molar-refractivity contribution in [2.45, 2.75) is 0 Å².